The van der Waals surface area contributed by atoms with E-state index in [4.69, 9.17) is 9.47 Å². The van der Waals surface area contributed by atoms with Crippen LogP contribution in [0.2, 0.25) is 0 Å². The maximum atomic E-state index is 11.5. The number of ether oxygens (including phenoxy) is 2. The summed E-state index contributed by atoms with van der Waals surface area (Å²) in [6.07, 6.45) is 0.792. The summed E-state index contributed by atoms with van der Waals surface area (Å²) < 4.78 is 35.0. The summed E-state index contributed by atoms with van der Waals surface area (Å²) in [6, 6.07) is 9.94. The van der Waals surface area contributed by atoms with Gasteiger partial charge in [-0.25, -0.2) is 8.42 Å². The average Bonchev–Trinajstić information content (AvgIpc) is 2.88. The van der Waals surface area contributed by atoms with E-state index < -0.39 is 9.84 Å². The van der Waals surface area contributed by atoms with Crippen LogP contribution >= 0.6 is 0 Å². The predicted octanol–water partition coefficient (Wildman–Crippen LogP) is 2.20. The number of rotatable bonds is 5. The van der Waals surface area contributed by atoms with Crippen LogP contribution in [-0.4, -0.2) is 62.8 Å². The number of hydrogen-bond acceptors (Lipinski definition) is 6. The van der Waals surface area contributed by atoms with E-state index in [1.54, 1.807) is 0 Å². The molecule has 4 rings (SSSR count). The van der Waals surface area contributed by atoms with E-state index in [2.05, 4.69) is 17.9 Å². The Kier molecular flexibility index (Phi) is 5.81. The number of benzene rings is 2. The first-order chi connectivity index (χ1) is 13.9. The Balaban J connectivity index is 1.49. The van der Waals surface area contributed by atoms with Gasteiger partial charge >= 0.3 is 0 Å². The number of fused-ring (bicyclic) bond motifs is 3. The highest BCUT2D eigenvalue weighted by Gasteiger charge is 2.22. The first-order valence-electron chi connectivity index (χ1n) is 10.0. The zero-order chi connectivity index (χ0) is 20.4. The van der Waals surface area contributed by atoms with Crippen molar-refractivity contribution in [3.8, 4) is 22.6 Å². The lowest BCUT2D eigenvalue weighted by Crippen LogP contribution is -2.42. The van der Waals surface area contributed by atoms with Crippen molar-refractivity contribution in [1.29, 1.82) is 0 Å². The zero-order valence-corrected chi connectivity index (χ0v) is 17.5. The molecule has 0 spiro atoms. The molecular weight excluding hydrogens is 390 g/mol. The lowest BCUT2D eigenvalue weighted by molar-refractivity contribution is 0.219. The van der Waals surface area contributed by atoms with Gasteiger partial charge in [0.15, 0.2) is 9.84 Å². The van der Waals surface area contributed by atoms with Gasteiger partial charge in [0.25, 0.3) is 0 Å². The third-order valence-corrected chi connectivity index (χ3v) is 7.24. The van der Waals surface area contributed by atoms with E-state index >= 15 is 0 Å². The van der Waals surface area contributed by atoms with Gasteiger partial charge in [-0.3, -0.25) is 4.90 Å². The molecule has 6 nitrogen and oxygen atoms in total. The first kappa shape index (κ1) is 20.2. The molecule has 0 atom stereocenters. The van der Waals surface area contributed by atoms with Crippen LogP contribution in [0.4, 0.5) is 0 Å². The van der Waals surface area contributed by atoms with E-state index in [0.717, 1.165) is 46.7 Å². The molecule has 0 aromatic heterocycles. The maximum Gasteiger partial charge on any atom is 0.152 e. The van der Waals surface area contributed by atoms with Crippen molar-refractivity contribution in [2.24, 2.45) is 0 Å². The van der Waals surface area contributed by atoms with Crippen molar-refractivity contribution in [2.75, 3.05) is 44.4 Å². The van der Waals surface area contributed by atoms with E-state index in [1.807, 2.05) is 24.3 Å². The molecule has 1 fully saturated rings. The summed E-state index contributed by atoms with van der Waals surface area (Å²) in [7, 11) is -2.85. The summed E-state index contributed by atoms with van der Waals surface area (Å²) in [6.45, 7) is 5.08. The van der Waals surface area contributed by atoms with Crippen LogP contribution in [0.1, 0.15) is 16.7 Å². The number of aliphatic hydroxyl groups excluding tert-OH is 1. The topological polar surface area (TPSA) is 76.1 Å². The summed E-state index contributed by atoms with van der Waals surface area (Å²) in [5.41, 5.74) is 5.33. The first-order valence-corrected chi connectivity index (χ1v) is 11.8. The summed E-state index contributed by atoms with van der Waals surface area (Å²) in [5.74, 6) is 2.14. The van der Waals surface area contributed by atoms with Crippen LogP contribution in [0, 0.1) is 6.92 Å². The molecule has 0 amide bonds. The van der Waals surface area contributed by atoms with Gasteiger partial charge in [0.1, 0.15) is 18.1 Å². The van der Waals surface area contributed by atoms with E-state index in [0.29, 0.717) is 26.3 Å². The van der Waals surface area contributed by atoms with Crippen molar-refractivity contribution < 1.29 is 23.0 Å². The van der Waals surface area contributed by atoms with Gasteiger partial charge in [0.2, 0.25) is 0 Å². The Morgan fingerprint density at radius 3 is 2.72 bits per heavy atom. The van der Waals surface area contributed by atoms with Crippen molar-refractivity contribution in [3.63, 3.8) is 0 Å². The molecule has 1 N–H and O–H groups in total. The van der Waals surface area contributed by atoms with Gasteiger partial charge in [-0.05, 0) is 53.4 Å². The van der Waals surface area contributed by atoms with Crippen LogP contribution in [0.5, 0.6) is 11.5 Å². The molecule has 0 unspecified atom stereocenters. The monoisotopic (exact) mass is 417 g/mol. The third kappa shape index (κ3) is 4.57. The fourth-order valence-electron chi connectivity index (χ4n) is 4.02. The van der Waals surface area contributed by atoms with Crippen molar-refractivity contribution in [3.05, 3.63) is 47.0 Å². The minimum atomic E-state index is -2.85. The summed E-state index contributed by atoms with van der Waals surface area (Å²) >= 11 is 0. The SMILES string of the molecule is Cc1cc(OCCN2CCS(=O)(=O)CC2)cc2c1-c1cc(CO)ccc1OCC2. The standard InChI is InChI=1S/C22H27NO5S/c1-16-12-19(27-9-5-23-6-10-29(25,26)11-7-23)14-18-4-8-28-21-3-2-17(15-24)13-20(21)22(16)18/h2-3,12-14,24H,4-11,15H2,1H3. The second kappa shape index (κ2) is 8.34. The number of sulfone groups is 1. The van der Waals surface area contributed by atoms with Crippen LogP contribution in [0.15, 0.2) is 30.3 Å². The van der Waals surface area contributed by atoms with Crippen molar-refractivity contribution in [1.82, 2.24) is 4.90 Å². The molecule has 2 aromatic carbocycles. The van der Waals surface area contributed by atoms with Gasteiger partial charge in [-0.15, -0.1) is 0 Å². The van der Waals surface area contributed by atoms with Crippen LogP contribution in [0.25, 0.3) is 11.1 Å². The Hall–Kier alpha value is -2.09. The van der Waals surface area contributed by atoms with Gasteiger partial charge in [0, 0.05) is 31.6 Å². The molecule has 1 saturated heterocycles. The highest BCUT2D eigenvalue weighted by atomic mass is 32.2. The second-order valence-electron chi connectivity index (χ2n) is 7.70. The van der Waals surface area contributed by atoms with Gasteiger partial charge in [-0.2, -0.15) is 0 Å². The largest absolute Gasteiger partial charge is 0.493 e. The molecule has 0 saturated carbocycles. The van der Waals surface area contributed by atoms with Crippen LogP contribution < -0.4 is 9.47 Å². The Morgan fingerprint density at radius 1 is 1.17 bits per heavy atom. The van der Waals surface area contributed by atoms with E-state index in [-0.39, 0.29) is 18.1 Å². The van der Waals surface area contributed by atoms with Gasteiger partial charge in [-0.1, -0.05) is 6.07 Å². The Bertz CT molecular complexity index is 989. The highest BCUT2D eigenvalue weighted by Crippen LogP contribution is 2.40. The van der Waals surface area contributed by atoms with E-state index in [1.165, 1.54) is 5.56 Å². The number of aliphatic hydroxyl groups is 1. The molecule has 2 aliphatic heterocycles. The Labute approximate surface area is 172 Å². The normalized spacial score (nSPS) is 18.3. The molecule has 2 aromatic rings. The summed E-state index contributed by atoms with van der Waals surface area (Å²) in [4.78, 5) is 2.14. The highest BCUT2D eigenvalue weighted by molar-refractivity contribution is 7.91. The fourth-order valence-corrected chi connectivity index (χ4v) is 5.30. The quantitative estimate of drug-likeness (QED) is 0.804. The molecule has 0 aliphatic carbocycles. The molecule has 2 heterocycles. The summed E-state index contributed by atoms with van der Waals surface area (Å²) in [5, 5.41) is 9.51. The van der Waals surface area contributed by atoms with Crippen LogP contribution in [0.3, 0.4) is 0 Å². The lowest BCUT2D eigenvalue weighted by Gasteiger charge is -2.26. The molecule has 2 aliphatic rings. The molecular formula is C22H27NO5S. The average molecular weight is 418 g/mol. The number of aryl methyl sites for hydroxylation is 1. The van der Waals surface area contributed by atoms with E-state index in [9.17, 15) is 13.5 Å². The Morgan fingerprint density at radius 2 is 1.97 bits per heavy atom. The fraction of sp³-hybridized carbons (Fsp3) is 0.455. The van der Waals surface area contributed by atoms with Gasteiger partial charge < -0.3 is 14.6 Å². The lowest BCUT2D eigenvalue weighted by atomic mass is 9.92. The minimum absolute atomic E-state index is 0.000651. The van der Waals surface area contributed by atoms with Crippen molar-refractivity contribution in [2.45, 2.75) is 20.0 Å². The van der Waals surface area contributed by atoms with Crippen molar-refractivity contribution >= 4 is 9.84 Å². The number of hydrogen-bond donors (Lipinski definition) is 1. The molecule has 0 bridgehead atoms. The molecule has 7 heteroatoms. The second-order valence-corrected chi connectivity index (χ2v) is 10.0. The third-order valence-electron chi connectivity index (χ3n) is 5.63. The van der Waals surface area contributed by atoms with Gasteiger partial charge in [0.05, 0.1) is 24.7 Å². The predicted molar refractivity (Wildman–Crippen MR) is 112 cm³/mol. The zero-order valence-electron chi connectivity index (χ0n) is 16.7. The minimum Gasteiger partial charge on any atom is -0.493 e. The van der Waals surface area contributed by atoms with Crippen LogP contribution in [-0.2, 0) is 22.9 Å². The molecule has 29 heavy (non-hydrogen) atoms. The number of nitrogens with zero attached hydrogens (tertiary/aromatic N) is 1. The smallest absolute Gasteiger partial charge is 0.152 e. The maximum absolute atomic E-state index is 11.5. The molecule has 156 valence electrons. The molecule has 0 radical (unpaired) electrons.